The summed E-state index contributed by atoms with van der Waals surface area (Å²) in [6.07, 6.45) is 6.05. The van der Waals surface area contributed by atoms with Gasteiger partial charge >= 0.3 is 0 Å². The first kappa shape index (κ1) is 14.3. The van der Waals surface area contributed by atoms with Crippen LogP contribution in [0, 0.1) is 12.3 Å². The number of amides is 2. The van der Waals surface area contributed by atoms with Crippen molar-refractivity contribution < 1.29 is 9.59 Å². The van der Waals surface area contributed by atoms with Crippen molar-refractivity contribution in [2.75, 3.05) is 19.6 Å². The predicted molar refractivity (Wildman–Crippen MR) is 84.0 cm³/mol. The molecule has 0 radical (unpaired) electrons. The third-order valence-corrected chi connectivity index (χ3v) is 5.60. The van der Waals surface area contributed by atoms with Crippen molar-refractivity contribution in [1.29, 1.82) is 0 Å². The summed E-state index contributed by atoms with van der Waals surface area (Å²) < 4.78 is 0. The Morgan fingerprint density at radius 3 is 2.76 bits per heavy atom. The van der Waals surface area contributed by atoms with E-state index in [1.165, 1.54) is 5.56 Å². The number of carbonyl (C=O) groups is 2. The number of hydrogen-bond donors (Lipinski definition) is 1. The van der Waals surface area contributed by atoms with Gasteiger partial charge in [-0.3, -0.25) is 9.59 Å². The van der Waals surface area contributed by atoms with Gasteiger partial charge in [0.1, 0.15) is 0 Å². The lowest BCUT2D eigenvalue weighted by atomic mass is 9.77. The molecule has 1 aromatic rings. The van der Waals surface area contributed by atoms with Crippen LogP contribution in [-0.2, 0) is 9.59 Å². The van der Waals surface area contributed by atoms with Gasteiger partial charge in [-0.2, -0.15) is 0 Å². The summed E-state index contributed by atoms with van der Waals surface area (Å²) in [7, 11) is 0. The Hall–Kier alpha value is -1.62. The van der Waals surface area contributed by atoms with E-state index in [1.807, 2.05) is 16.4 Å². The lowest BCUT2D eigenvalue weighted by molar-refractivity contribution is -0.128. The average Bonchev–Trinajstić information content (AvgIpc) is 3.04. The summed E-state index contributed by atoms with van der Waals surface area (Å²) in [5.74, 6) is 0.234. The maximum absolute atomic E-state index is 12.2. The molecule has 0 aromatic carbocycles. The Balaban J connectivity index is 1.57. The molecular weight excluding hydrogens is 284 g/mol. The molecule has 0 aliphatic carbocycles. The van der Waals surface area contributed by atoms with Gasteiger partial charge in [-0.1, -0.05) is 0 Å². The van der Waals surface area contributed by atoms with Gasteiger partial charge in [0.15, 0.2) is 0 Å². The van der Waals surface area contributed by atoms with Crippen LogP contribution in [0.3, 0.4) is 0 Å². The normalized spacial score (nSPS) is 21.2. The van der Waals surface area contributed by atoms with Gasteiger partial charge in [0.05, 0.1) is 0 Å². The minimum absolute atomic E-state index is 0.0786. The summed E-state index contributed by atoms with van der Waals surface area (Å²) in [4.78, 5) is 26.7. The van der Waals surface area contributed by atoms with E-state index in [4.69, 9.17) is 0 Å². The molecule has 0 bridgehead atoms. The van der Waals surface area contributed by atoms with Gasteiger partial charge in [-0.15, -0.1) is 11.3 Å². The van der Waals surface area contributed by atoms with E-state index in [1.54, 1.807) is 17.4 Å². The zero-order valence-corrected chi connectivity index (χ0v) is 13.0. The van der Waals surface area contributed by atoms with Crippen molar-refractivity contribution in [3.63, 3.8) is 0 Å². The van der Waals surface area contributed by atoms with E-state index >= 15 is 0 Å². The quantitative estimate of drug-likeness (QED) is 0.852. The highest BCUT2D eigenvalue weighted by atomic mass is 32.1. The first-order chi connectivity index (χ1) is 10.1. The summed E-state index contributed by atoms with van der Waals surface area (Å²) >= 11 is 1.65. The lowest BCUT2D eigenvalue weighted by Crippen LogP contribution is -2.43. The highest BCUT2D eigenvalue weighted by molar-refractivity contribution is 7.11. The number of piperidine rings is 1. The molecule has 2 fully saturated rings. The van der Waals surface area contributed by atoms with Gasteiger partial charge in [-0.25, -0.2) is 0 Å². The van der Waals surface area contributed by atoms with Crippen LogP contribution in [0.4, 0.5) is 0 Å². The molecule has 21 heavy (non-hydrogen) atoms. The van der Waals surface area contributed by atoms with Gasteiger partial charge in [0, 0.05) is 37.0 Å². The van der Waals surface area contributed by atoms with Crippen LogP contribution in [0.2, 0.25) is 0 Å². The molecule has 112 valence electrons. The number of carbonyl (C=O) groups excluding carboxylic acids is 2. The zero-order chi connectivity index (χ0) is 14.9. The fraction of sp³-hybridized carbons (Fsp3) is 0.500. The molecule has 2 aliphatic rings. The van der Waals surface area contributed by atoms with Crippen LogP contribution >= 0.6 is 11.3 Å². The fourth-order valence-electron chi connectivity index (χ4n) is 3.11. The topological polar surface area (TPSA) is 49.4 Å². The maximum atomic E-state index is 12.2. The van der Waals surface area contributed by atoms with Gasteiger partial charge < -0.3 is 10.2 Å². The number of hydrogen-bond acceptors (Lipinski definition) is 3. The molecule has 5 heteroatoms. The molecule has 1 aromatic heterocycles. The van der Waals surface area contributed by atoms with E-state index < -0.39 is 0 Å². The van der Waals surface area contributed by atoms with Crippen LogP contribution in [0.5, 0.6) is 0 Å². The molecular formula is C16H20N2O2S. The standard InChI is InChI=1S/C16H20N2O2S/c1-12-4-9-21-13(12)2-3-15(20)18-7-5-16(6-8-18)10-14(19)17-11-16/h2-4,9H,5-8,10-11H2,1H3,(H,17,19). The summed E-state index contributed by atoms with van der Waals surface area (Å²) in [6, 6.07) is 2.06. The van der Waals surface area contributed by atoms with Crippen molar-refractivity contribution in [3.05, 3.63) is 28.0 Å². The number of aryl methyl sites for hydroxylation is 1. The largest absolute Gasteiger partial charge is 0.356 e. The van der Waals surface area contributed by atoms with Crippen molar-refractivity contribution in [3.8, 4) is 0 Å². The van der Waals surface area contributed by atoms with Crippen molar-refractivity contribution in [1.82, 2.24) is 10.2 Å². The molecule has 0 unspecified atom stereocenters. The highest BCUT2D eigenvalue weighted by Gasteiger charge is 2.41. The second-order valence-electron chi connectivity index (χ2n) is 6.08. The van der Waals surface area contributed by atoms with E-state index in [2.05, 4.69) is 18.3 Å². The monoisotopic (exact) mass is 304 g/mol. The first-order valence-electron chi connectivity index (χ1n) is 7.36. The van der Waals surface area contributed by atoms with Gasteiger partial charge in [0.25, 0.3) is 0 Å². The molecule has 0 atom stereocenters. The molecule has 2 saturated heterocycles. The van der Waals surface area contributed by atoms with E-state index in [0.29, 0.717) is 6.42 Å². The summed E-state index contributed by atoms with van der Waals surface area (Å²) in [5, 5.41) is 4.95. The van der Waals surface area contributed by atoms with Crippen LogP contribution in [0.15, 0.2) is 17.5 Å². The lowest BCUT2D eigenvalue weighted by Gasteiger charge is -2.37. The Kier molecular flexibility index (Phi) is 3.85. The second-order valence-corrected chi connectivity index (χ2v) is 7.03. The molecule has 1 spiro atoms. The third kappa shape index (κ3) is 3.02. The Morgan fingerprint density at radius 2 is 2.19 bits per heavy atom. The maximum Gasteiger partial charge on any atom is 0.246 e. The molecule has 3 heterocycles. The highest BCUT2D eigenvalue weighted by Crippen LogP contribution is 2.37. The van der Waals surface area contributed by atoms with Gasteiger partial charge in [0.2, 0.25) is 11.8 Å². The number of rotatable bonds is 2. The number of likely N-dealkylation sites (tertiary alicyclic amines) is 1. The molecule has 3 rings (SSSR count). The Morgan fingerprint density at radius 1 is 1.43 bits per heavy atom. The molecule has 2 aliphatic heterocycles. The Bertz CT molecular complexity index is 583. The van der Waals surface area contributed by atoms with E-state index in [0.717, 1.165) is 37.4 Å². The summed E-state index contributed by atoms with van der Waals surface area (Å²) in [5.41, 5.74) is 1.30. The van der Waals surface area contributed by atoms with Gasteiger partial charge in [-0.05, 0) is 48.3 Å². The minimum Gasteiger partial charge on any atom is -0.356 e. The SMILES string of the molecule is Cc1ccsc1C=CC(=O)N1CCC2(CC1)CNC(=O)C2. The fourth-order valence-corrected chi connectivity index (χ4v) is 3.93. The number of nitrogens with zero attached hydrogens (tertiary/aromatic N) is 1. The van der Waals surface area contributed by atoms with Crippen molar-refractivity contribution in [2.45, 2.75) is 26.2 Å². The summed E-state index contributed by atoms with van der Waals surface area (Å²) in [6.45, 7) is 4.33. The third-order valence-electron chi connectivity index (χ3n) is 4.61. The van der Waals surface area contributed by atoms with Crippen molar-refractivity contribution in [2.24, 2.45) is 5.41 Å². The van der Waals surface area contributed by atoms with Crippen LogP contribution < -0.4 is 5.32 Å². The number of nitrogens with one attached hydrogen (secondary N) is 1. The Labute approximate surface area is 128 Å². The van der Waals surface area contributed by atoms with Crippen LogP contribution in [0.25, 0.3) is 6.08 Å². The number of thiophene rings is 1. The van der Waals surface area contributed by atoms with E-state index in [-0.39, 0.29) is 17.2 Å². The van der Waals surface area contributed by atoms with E-state index in [9.17, 15) is 9.59 Å². The van der Waals surface area contributed by atoms with Crippen molar-refractivity contribution >= 4 is 29.2 Å². The smallest absolute Gasteiger partial charge is 0.246 e. The first-order valence-corrected chi connectivity index (χ1v) is 8.24. The molecule has 0 saturated carbocycles. The van der Waals surface area contributed by atoms with Crippen LogP contribution in [-0.4, -0.2) is 36.3 Å². The molecule has 2 amide bonds. The predicted octanol–water partition coefficient (Wildman–Crippen LogP) is 2.20. The average molecular weight is 304 g/mol. The second kappa shape index (κ2) is 5.64. The zero-order valence-electron chi connectivity index (χ0n) is 12.2. The molecule has 4 nitrogen and oxygen atoms in total. The molecule has 1 N–H and O–H groups in total. The van der Waals surface area contributed by atoms with Crippen LogP contribution in [0.1, 0.15) is 29.7 Å². The minimum atomic E-state index is 0.0786.